The Balaban J connectivity index is 1.72. The molecule has 0 saturated carbocycles. The summed E-state index contributed by atoms with van der Waals surface area (Å²) in [6.45, 7) is 2.59. The summed E-state index contributed by atoms with van der Waals surface area (Å²) in [5, 5.41) is 9.76. The van der Waals surface area contributed by atoms with Gasteiger partial charge in [-0.3, -0.25) is 0 Å². The van der Waals surface area contributed by atoms with E-state index >= 15 is 0 Å². The number of benzene rings is 2. The van der Waals surface area contributed by atoms with Crippen molar-refractivity contribution in [2.75, 3.05) is 12.4 Å². The Kier molecular flexibility index (Phi) is 5.27. The monoisotopic (exact) mass is 360 g/mol. The lowest BCUT2D eigenvalue weighted by atomic mass is 10.2. The maximum Gasteiger partial charge on any atom is 0.210 e. The van der Waals surface area contributed by atoms with Crippen molar-refractivity contribution in [1.29, 1.82) is 0 Å². The van der Waals surface area contributed by atoms with Crippen LogP contribution < -0.4 is 10.6 Å². The first-order valence-corrected chi connectivity index (χ1v) is 8.84. The number of halogens is 1. The first kappa shape index (κ1) is 16.7. The Morgan fingerprint density at radius 2 is 1.79 bits per heavy atom. The lowest BCUT2D eigenvalue weighted by molar-refractivity contribution is 0.340. The normalized spacial score (nSPS) is 10.8. The molecule has 0 unspecified atom stereocenters. The molecule has 0 aliphatic heterocycles. The highest BCUT2D eigenvalue weighted by Crippen LogP contribution is 2.26. The van der Waals surface area contributed by atoms with E-state index in [1.807, 2.05) is 55.5 Å². The smallest absolute Gasteiger partial charge is 0.210 e. The van der Waals surface area contributed by atoms with Crippen molar-refractivity contribution < 1.29 is 4.74 Å². The highest BCUT2D eigenvalue weighted by molar-refractivity contribution is 7.98. The third-order valence-corrected chi connectivity index (χ3v) is 4.64. The van der Waals surface area contributed by atoms with E-state index in [0.29, 0.717) is 17.6 Å². The fourth-order valence-electron chi connectivity index (χ4n) is 2.17. The molecule has 0 aliphatic rings. The molecule has 0 saturated heterocycles. The second-order valence-electron chi connectivity index (χ2n) is 5.05. The van der Waals surface area contributed by atoms with E-state index in [0.717, 1.165) is 27.7 Å². The minimum atomic E-state index is 0.622. The highest BCUT2D eigenvalue weighted by Gasteiger charge is 2.12. The van der Waals surface area contributed by atoms with Gasteiger partial charge >= 0.3 is 0 Å². The molecule has 5 nitrogen and oxygen atoms in total. The summed E-state index contributed by atoms with van der Waals surface area (Å²) in [6.07, 6.45) is 0. The van der Waals surface area contributed by atoms with Crippen LogP contribution >= 0.6 is 23.4 Å². The van der Waals surface area contributed by atoms with Crippen LogP contribution in [0, 0.1) is 0 Å². The first-order valence-electron chi connectivity index (χ1n) is 7.48. The van der Waals surface area contributed by atoms with Gasteiger partial charge in [-0.05, 0) is 48.9 Å². The summed E-state index contributed by atoms with van der Waals surface area (Å²) in [6, 6.07) is 15.4. The van der Waals surface area contributed by atoms with Gasteiger partial charge in [-0.15, -0.1) is 10.2 Å². The van der Waals surface area contributed by atoms with Crippen molar-refractivity contribution in [1.82, 2.24) is 14.9 Å². The van der Waals surface area contributed by atoms with Gasteiger partial charge in [0.25, 0.3) is 0 Å². The van der Waals surface area contributed by atoms with Crippen LogP contribution in [0.5, 0.6) is 5.75 Å². The quantitative estimate of drug-likeness (QED) is 0.531. The van der Waals surface area contributed by atoms with Crippen LogP contribution in [0.1, 0.15) is 12.5 Å². The van der Waals surface area contributed by atoms with Gasteiger partial charge in [0.15, 0.2) is 5.82 Å². The maximum atomic E-state index is 6.14. The number of nitrogens with two attached hydrogens (primary N) is 1. The van der Waals surface area contributed by atoms with Crippen molar-refractivity contribution in [3.8, 4) is 17.1 Å². The van der Waals surface area contributed by atoms with E-state index in [-0.39, 0.29) is 0 Å². The number of thioether (sulfide) groups is 1. The Hall–Kier alpha value is -2.18. The molecule has 0 amide bonds. The molecule has 2 N–H and O–H groups in total. The van der Waals surface area contributed by atoms with Gasteiger partial charge in [-0.1, -0.05) is 35.5 Å². The molecule has 1 aromatic heterocycles. The van der Waals surface area contributed by atoms with Gasteiger partial charge < -0.3 is 10.6 Å². The molecule has 0 atom stereocenters. The van der Waals surface area contributed by atoms with Crippen LogP contribution in [0.15, 0.2) is 53.7 Å². The average Bonchev–Trinajstić information content (AvgIpc) is 2.96. The van der Waals surface area contributed by atoms with E-state index in [1.165, 1.54) is 16.4 Å². The van der Waals surface area contributed by atoms with Crippen LogP contribution in [0.2, 0.25) is 5.02 Å². The van der Waals surface area contributed by atoms with Crippen LogP contribution in [0.25, 0.3) is 11.4 Å². The van der Waals surface area contributed by atoms with Gasteiger partial charge in [0, 0.05) is 16.3 Å². The molecule has 0 bridgehead atoms. The number of ether oxygens (including phenoxy) is 1. The fraction of sp³-hybridized carbons (Fsp3) is 0.176. The van der Waals surface area contributed by atoms with E-state index in [4.69, 9.17) is 22.2 Å². The largest absolute Gasteiger partial charge is 0.494 e. The molecule has 24 heavy (non-hydrogen) atoms. The molecule has 2 aromatic carbocycles. The lowest BCUT2D eigenvalue weighted by Gasteiger charge is -2.06. The molecular formula is C17H17ClN4OS. The minimum Gasteiger partial charge on any atom is -0.494 e. The first-order chi connectivity index (χ1) is 11.7. The van der Waals surface area contributed by atoms with Crippen molar-refractivity contribution >= 4 is 23.4 Å². The van der Waals surface area contributed by atoms with Crippen LogP contribution in [0.3, 0.4) is 0 Å². The molecule has 0 aliphatic carbocycles. The zero-order valence-electron chi connectivity index (χ0n) is 13.1. The number of hydrogen-bond donors (Lipinski definition) is 1. The van der Waals surface area contributed by atoms with Crippen molar-refractivity contribution in [3.63, 3.8) is 0 Å². The van der Waals surface area contributed by atoms with E-state index < -0.39 is 0 Å². The number of rotatable bonds is 6. The van der Waals surface area contributed by atoms with Crippen LogP contribution in [0.4, 0.5) is 0 Å². The lowest BCUT2D eigenvalue weighted by Crippen LogP contribution is -2.11. The zero-order valence-corrected chi connectivity index (χ0v) is 14.7. The van der Waals surface area contributed by atoms with Crippen molar-refractivity contribution in [2.24, 2.45) is 0 Å². The number of aromatic nitrogens is 3. The average molecular weight is 361 g/mol. The zero-order chi connectivity index (χ0) is 16.9. The van der Waals surface area contributed by atoms with Crippen LogP contribution in [-0.2, 0) is 5.75 Å². The number of hydrogen-bond acceptors (Lipinski definition) is 5. The van der Waals surface area contributed by atoms with Gasteiger partial charge in [0.2, 0.25) is 5.16 Å². The molecule has 1 heterocycles. The predicted octanol–water partition coefficient (Wildman–Crippen LogP) is 4.00. The summed E-state index contributed by atoms with van der Waals surface area (Å²) >= 11 is 7.42. The van der Waals surface area contributed by atoms with E-state index in [2.05, 4.69) is 10.2 Å². The Morgan fingerprint density at radius 3 is 2.46 bits per heavy atom. The molecule has 0 radical (unpaired) electrons. The van der Waals surface area contributed by atoms with Crippen LogP contribution in [-0.4, -0.2) is 21.5 Å². The highest BCUT2D eigenvalue weighted by atomic mass is 35.5. The second-order valence-corrected chi connectivity index (χ2v) is 6.43. The number of nitrogens with zero attached hydrogens (tertiary/aromatic N) is 3. The Morgan fingerprint density at radius 1 is 1.08 bits per heavy atom. The summed E-state index contributed by atoms with van der Waals surface area (Å²) in [4.78, 5) is 0. The summed E-state index contributed by atoms with van der Waals surface area (Å²) in [5.74, 6) is 8.33. The van der Waals surface area contributed by atoms with Gasteiger partial charge in [0.05, 0.1) is 6.61 Å². The van der Waals surface area contributed by atoms with Gasteiger partial charge in [0.1, 0.15) is 5.75 Å². The molecular weight excluding hydrogens is 344 g/mol. The predicted molar refractivity (Wildman–Crippen MR) is 97.8 cm³/mol. The van der Waals surface area contributed by atoms with Gasteiger partial charge in [-0.25, -0.2) is 4.68 Å². The topological polar surface area (TPSA) is 66.0 Å². The Labute approximate surface area is 149 Å². The fourth-order valence-corrected chi connectivity index (χ4v) is 3.11. The molecule has 0 spiro atoms. The summed E-state index contributed by atoms with van der Waals surface area (Å²) < 4.78 is 6.95. The molecule has 3 rings (SSSR count). The summed E-state index contributed by atoms with van der Waals surface area (Å²) in [7, 11) is 0. The van der Waals surface area contributed by atoms with E-state index in [1.54, 1.807) is 0 Å². The van der Waals surface area contributed by atoms with Crippen molar-refractivity contribution in [3.05, 3.63) is 59.1 Å². The van der Waals surface area contributed by atoms with E-state index in [9.17, 15) is 0 Å². The molecule has 124 valence electrons. The number of nitrogen functional groups attached to an aromatic ring is 1. The second kappa shape index (κ2) is 7.59. The maximum absolute atomic E-state index is 6.14. The SMILES string of the molecule is CCOc1ccc(-c2nnc(SCc3ccc(Cl)cc3)n2N)cc1. The molecule has 0 fully saturated rings. The molecule has 3 aromatic rings. The third kappa shape index (κ3) is 3.83. The standard InChI is InChI=1S/C17H17ClN4OS/c1-2-23-15-9-5-13(6-10-15)16-20-21-17(22(16)19)24-11-12-3-7-14(18)8-4-12/h3-10H,2,11,19H2,1H3. The van der Waals surface area contributed by atoms with Crippen molar-refractivity contribution in [2.45, 2.75) is 17.8 Å². The Bertz CT molecular complexity index is 802. The minimum absolute atomic E-state index is 0.622. The van der Waals surface area contributed by atoms with Gasteiger partial charge in [-0.2, -0.15) is 0 Å². The summed E-state index contributed by atoms with van der Waals surface area (Å²) in [5.41, 5.74) is 2.04. The third-order valence-electron chi connectivity index (χ3n) is 3.37. The molecule has 7 heteroatoms.